The summed E-state index contributed by atoms with van der Waals surface area (Å²) >= 11 is 1.21. The molecule has 0 fully saturated rings. The number of anilines is 1. The highest BCUT2D eigenvalue weighted by Gasteiger charge is 2.20. The Morgan fingerprint density at radius 3 is 2.41 bits per heavy atom. The van der Waals surface area contributed by atoms with Crippen LogP contribution < -0.4 is 10.9 Å². The maximum Gasteiger partial charge on any atom is 0.252 e. The molecule has 148 valence electrons. The van der Waals surface area contributed by atoms with Gasteiger partial charge in [-0.05, 0) is 37.6 Å². The number of nitrogens with zero attached hydrogens (tertiary/aromatic N) is 1. The predicted octanol–water partition coefficient (Wildman–Crippen LogP) is 4.15. The summed E-state index contributed by atoms with van der Waals surface area (Å²) in [4.78, 5) is 43.3. The average Bonchev–Trinajstić information content (AvgIpc) is 2.72. The standard InChI is InChI=1S/C22H21N3O3S/c1-3-19(21(28)23-17-11-9-15(10-12-17)14(2)26)29-22-24-18(13-20(27)25-22)16-7-5-4-6-8-16/h4-13,19H,3H2,1-2H3,(H,23,28)(H,24,25,27). The molecule has 1 amide bonds. The van der Waals surface area contributed by atoms with Gasteiger partial charge in [-0.25, -0.2) is 4.98 Å². The van der Waals surface area contributed by atoms with Crippen LogP contribution in [-0.2, 0) is 4.79 Å². The Bertz CT molecular complexity index is 1060. The molecular formula is C22H21N3O3S. The Balaban J connectivity index is 1.75. The Hall–Kier alpha value is -3.19. The third kappa shape index (κ3) is 5.42. The number of nitrogens with one attached hydrogen (secondary N) is 2. The minimum Gasteiger partial charge on any atom is -0.325 e. The molecule has 0 saturated heterocycles. The maximum atomic E-state index is 12.7. The second kappa shape index (κ2) is 9.34. The van der Waals surface area contributed by atoms with Crippen LogP contribution >= 0.6 is 11.8 Å². The highest BCUT2D eigenvalue weighted by atomic mass is 32.2. The van der Waals surface area contributed by atoms with Gasteiger partial charge in [-0.15, -0.1) is 0 Å². The highest BCUT2D eigenvalue weighted by molar-refractivity contribution is 8.00. The number of hydrogen-bond donors (Lipinski definition) is 2. The Labute approximate surface area is 172 Å². The minimum atomic E-state index is -0.434. The van der Waals surface area contributed by atoms with Gasteiger partial charge < -0.3 is 10.3 Å². The highest BCUT2D eigenvalue weighted by Crippen LogP contribution is 2.25. The van der Waals surface area contributed by atoms with Crippen molar-refractivity contribution in [3.05, 3.63) is 76.6 Å². The number of H-pyrrole nitrogens is 1. The van der Waals surface area contributed by atoms with E-state index in [1.54, 1.807) is 24.3 Å². The molecule has 1 aromatic heterocycles. The molecule has 0 aliphatic rings. The van der Waals surface area contributed by atoms with Crippen molar-refractivity contribution >= 4 is 29.1 Å². The molecule has 29 heavy (non-hydrogen) atoms. The topological polar surface area (TPSA) is 91.9 Å². The summed E-state index contributed by atoms with van der Waals surface area (Å²) in [6.45, 7) is 3.39. The Kier molecular flexibility index (Phi) is 6.61. The number of amides is 1. The molecule has 0 radical (unpaired) electrons. The summed E-state index contributed by atoms with van der Waals surface area (Å²) in [5.41, 5.74) is 2.33. The van der Waals surface area contributed by atoms with Crippen molar-refractivity contribution < 1.29 is 9.59 Å². The number of ketones is 1. The molecule has 0 aliphatic carbocycles. The van der Waals surface area contributed by atoms with Gasteiger partial charge in [0.15, 0.2) is 10.9 Å². The third-order valence-electron chi connectivity index (χ3n) is 4.27. The number of carbonyl (C=O) groups excluding carboxylic acids is 2. The van der Waals surface area contributed by atoms with E-state index in [1.165, 1.54) is 24.8 Å². The summed E-state index contributed by atoms with van der Waals surface area (Å²) in [6.07, 6.45) is 0.557. The lowest BCUT2D eigenvalue weighted by molar-refractivity contribution is -0.115. The fraction of sp³-hybridized carbons (Fsp3) is 0.182. The number of aromatic amines is 1. The van der Waals surface area contributed by atoms with Gasteiger partial charge in [-0.2, -0.15) is 0 Å². The first-order chi connectivity index (χ1) is 14.0. The van der Waals surface area contributed by atoms with Gasteiger partial charge in [0.1, 0.15) is 0 Å². The van der Waals surface area contributed by atoms with Crippen LogP contribution in [0.15, 0.2) is 70.6 Å². The SMILES string of the molecule is CCC(Sc1nc(-c2ccccc2)cc(=O)[nH]1)C(=O)Nc1ccc(C(C)=O)cc1. The molecule has 0 saturated carbocycles. The molecule has 1 unspecified atom stereocenters. The lowest BCUT2D eigenvalue weighted by Crippen LogP contribution is -2.25. The van der Waals surface area contributed by atoms with Crippen molar-refractivity contribution in [1.29, 1.82) is 0 Å². The van der Waals surface area contributed by atoms with Crippen LogP contribution in [0.4, 0.5) is 5.69 Å². The van der Waals surface area contributed by atoms with Gasteiger partial charge in [0, 0.05) is 22.9 Å². The van der Waals surface area contributed by atoms with Gasteiger partial charge in [0.05, 0.1) is 10.9 Å². The van der Waals surface area contributed by atoms with Crippen LogP contribution in [0.1, 0.15) is 30.6 Å². The molecule has 7 heteroatoms. The van der Waals surface area contributed by atoms with Crippen LogP contribution in [-0.4, -0.2) is 26.9 Å². The molecular weight excluding hydrogens is 386 g/mol. The minimum absolute atomic E-state index is 0.0295. The summed E-state index contributed by atoms with van der Waals surface area (Å²) < 4.78 is 0. The van der Waals surface area contributed by atoms with E-state index in [0.29, 0.717) is 28.5 Å². The fourth-order valence-corrected chi connectivity index (χ4v) is 3.63. The van der Waals surface area contributed by atoms with Gasteiger partial charge in [0.25, 0.3) is 5.56 Å². The largest absolute Gasteiger partial charge is 0.325 e. The van der Waals surface area contributed by atoms with Crippen molar-refractivity contribution in [2.45, 2.75) is 30.7 Å². The predicted molar refractivity (Wildman–Crippen MR) is 115 cm³/mol. The maximum absolute atomic E-state index is 12.7. The van der Waals surface area contributed by atoms with E-state index in [4.69, 9.17) is 0 Å². The van der Waals surface area contributed by atoms with E-state index in [9.17, 15) is 14.4 Å². The number of thioether (sulfide) groups is 1. The molecule has 3 rings (SSSR count). The first kappa shape index (κ1) is 20.5. The van der Waals surface area contributed by atoms with Crippen molar-refractivity contribution in [1.82, 2.24) is 9.97 Å². The zero-order chi connectivity index (χ0) is 20.8. The number of carbonyl (C=O) groups is 2. The Morgan fingerprint density at radius 1 is 1.10 bits per heavy atom. The smallest absolute Gasteiger partial charge is 0.252 e. The second-order valence-corrected chi connectivity index (χ2v) is 7.63. The summed E-state index contributed by atoms with van der Waals surface area (Å²) in [5.74, 6) is -0.223. The van der Waals surface area contributed by atoms with Crippen LogP contribution in [0.25, 0.3) is 11.3 Å². The number of benzene rings is 2. The van der Waals surface area contributed by atoms with Crippen molar-refractivity contribution in [3.63, 3.8) is 0 Å². The molecule has 0 bridgehead atoms. The van der Waals surface area contributed by atoms with E-state index in [0.717, 1.165) is 5.56 Å². The van der Waals surface area contributed by atoms with E-state index in [-0.39, 0.29) is 17.2 Å². The number of rotatable bonds is 7. The summed E-state index contributed by atoms with van der Waals surface area (Å²) in [7, 11) is 0. The third-order valence-corrected chi connectivity index (χ3v) is 5.51. The average molecular weight is 407 g/mol. The van der Waals surface area contributed by atoms with Crippen molar-refractivity contribution in [2.75, 3.05) is 5.32 Å². The molecule has 2 N–H and O–H groups in total. The molecule has 1 atom stereocenters. The zero-order valence-electron chi connectivity index (χ0n) is 16.1. The van der Waals surface area contributed by atoms with Crippen LogP contribution in [0.2, 0.25) is 0 Å². The number of hydrogen-bond acceptors (Lipinski definition) is 5. The van der Waals surface area contributed by atoms with Crippen LogP contribution in [0.3, 0.4) is 0 Å². The van der Waals surface area contributed by atoms with E-state index in [1.807, 2.05) is 37.3 Å². The van der Waals surface area contributed by atoms with E-state index >= 15 is 0 Å². The van der Waals surface area contributed by atoms with E-state index in [2.05, 4.69) is 15.3 Å². The molecule has 2 aromatic carbocycles. The van der Waals surface area contributed by atoms with Crippen LogP contribution in [0, 0.1) is 0 Å². The quantitative estimate of drug-likeness (QED) is 0.349. The summed E-state index contributed by atoms with van der Waals surface area (Å²) in [5, 5.41) is 2.81. The normalized spacial score (nSPS) is 11.7. The Morgan fingerprint density at radius 2 is 1.79 bits per heavy atom. The van der Waals surface area contributed by atoms with Crippen LogP contribution in [0.5, 0.6) is 0 Å². The molecule has 3 aromatic rings. The second-order valence-electron chi connectivity index (χ2n) is 6.44. The molecule has 1 heterocycles. The zero-order valence-corrected chi connectivity index (χ0v) is 17.0. The van der Waals surface area contributed by atoms with Crippen molar-refractivity contribution in [3.8, 4) is 11.3 Å². The number of aromatic nitrogens is 2. The monoisotopic (exact) mass is 407 g/mol. The first-order valence-electron chi connectivity index (χ1n) is 9.21. The van der Waals surface area contributed by atoms with Gasteiger partial charge >= 0.3 is 0 Å². The van der Waals surface area contributed by atoms with Gasteiger partial charge in [-0.3, -0.25) is 14.4 Å². The van der Waals surface area contributed by atoms with Gasteiger partial charge in [-0.1, -0.05) is 49.0 Å². The lowest BCUT2D eigenvalue weighted by Gasteiger charge is -2.14. The molecule has 0 aliphatic heterocycles. The first-order valence-corrected chi connectivity index (χ1v) is 10.1. The van der Waals surface area contributed by atoms with Crippen molar-refractivity contribution in [2.24, 2.45) is 0 Å². The molecule has 0 spiro atoms. The molecule has 6 nitrogen and oxygen atoms in total. The lowest BCUT2D eigenvalue weighted by atomic mass is 10.1. The van der Waals surface area contributed by atoms with E-state index < -0.39 is 5.25 Å². The summed E-state index contributed by atoms with van der Waals surface area (Å²) in [6, 6.07) is 17.6. The number of Topliss-reactive ketones (excluding diaryl/α,β-unsaturated/α-hetero) is 1. The fourth-order valence-electron chi connectivity index (χ4n) is 2.72. The van der Waals surface area contributed by atoms with Gasteiger partial charge in [0.2, 0.25) is 5.91 Å².